The van der Waals surface area contributed by atoms with Crippen molar-refractivity contribution >= 4 is 38.8 Å². The highest BCUT2D eigenvalue weighted by Gasteiger charge is 2.40. The number of carbonyl (C=O) groups is 2. The van der Waals surface area contributed by atoms with E-state index in [1.165, 1.54) is 0 Å². The van der Waals surface area contributed by atoms with E-state index in [4.69, 9.17) is 9.57 Å². The molecule has 3 atom stereocenters. The van der Waals surface area contributed by atoms with Crippen molar-refractivity contribution in [3.63, 3.8) is 0 Å². The van der Waals surface area contributed by atoms with Gasteiger partial charge in [0.15, 0.2) is 0 Å². The molecule has 4 rings (SSSR count). The molecule has 1 saturated heterocycles. The molecular weight excluding hydrogens is 459 g/mol. The van der Waals surface area contributed by atoms with Gasteiger partial charge < -0.3 is 10.1 Å². The van der Waals surface area contributed by atoms with Crippen LogP contribution in [-0.4, -0.2) is 53.3 Å². The number of pyridine rings is 1. The lowest BCUT2D eigenvalue weighted by atomic mass is 10.2. The van der Waals surface area contributed by atoms with Gasteiger partial charge in [-0.05, 0) is 34.1 Å². The number of likely N-dealkylation sites (tertiary alicyclic amines) is 1. The zero-order valence-electron chi connectivity index (χ0n) is 15.9. The maximum atomic E-state index is 14.0. The van der Waals surface area contributed by atoms with Crippen molar-refractivity contribution in [3.05, 3.63) is 52.8 Å². The normalized spacial score (nSPS) is 23.2. The van der Waals surface area contributed by atoms with Crippen LogP contribution in [0.3, 0.4) is 0 Å². The van der Waals surface area contributed by atoms with Gasteiger partial charge in [-0.25, -0.2) is 9.18 Å². The van der Waals surface area contributed by atoms with Gasteiger partial charge in [0.1, 0.15) is 29.5 Å². The van der Waals surface area contributed by atoms with Crippen molar-refractivity contribution in [2.45, 2.75) is 31.3 Å². The minimum Gasteiger partial charge on any atom is -0.444 e. The van der Waals surface area contributed by atoms with Crippen LogP contribution in [0, 0.1) is 0 Å². The molecule has 2 aliphatic rings. The van der Waals surface area contributed by atoms with Crippen molar-refractivity contribution < 1.29 is 23.6 Å². The largest absolute Gasteiger partial charge is 0.444 e. The Hall–Kier alpha value is -2.72. The third-order valence-electron chi connectivity index (χ3n) is 4.91. The highest BCUT2D eigenvalue weighted by Crippen LogP contribution is 2.22. The van der Waals surface area contributed by atoms with Gasteiger partial charge in [0, 0.05) is 23.6 Å². The second-order valence-electron chi connectivity index (χ2n) is 7.11. The lowest BCUT2D eigenvalue weighted by Gasteiger charge is -2.23. The Labute approximate surface area is 180 Å². The van der Waals surface area contributed by atoms with E-state index in [-0.39, 0.29) is 32.2 Å². The molecule has 0 aliphatic carbocycles. The molecule has 0 spiro atoms. The summed E-state index contributed by atoms with van der Waals surface area (Å²) in [5.41, 5.74) is 4.17. The highest BCUT2D eigenvalue weighted by atomic mass is 79.9. The summed E-state index contributed by atoms with van der Waals surface area (Å²) in [5, 5.41) is 3.62. The molecule has 2 aliphatic heterocycles. The lowest BCUT2D eigenvalue weighted by Crippen LogP contribution is -2.47. The molecule has 8 nitrogen and oxygen atoms in total. The number of amides is 2. The molecular formula is C20H20BrFN4O4. The number of para-hydroxylation sites is 1. The first-order chi connectivity index (χ1) is 14.5. The van der Waals surface area contributed by atoms with E-state index in [1.54, 1.807) is 12.3 Å². The average molecular weight is 479 g/mol. The van der Waals surface area contributed by atoms with E-state index in [2.05, 4.69) is 31.7 Å². The van der Waals surface area contributed by atoms with Crippen LogP contribution in [0.15, 0.2) is 47.2 Å². The number of halogens is 2. The van der Waals surface area contributed by atoms with Crippen LogP contribution >= 0.6 is 15.9 Å². The number of fused-ring (bicyclic) bond motifs is 1. The second kappa shape index (κ2) is 8.97. The third-order valence-corrected chi connectivity index (χ3v) is 5.34. The molecule has 0 bridgehead atoms. The molecule has 3 heterocycles. The minimum atomic E-state index is -1.28. The number of hydroxylamine groups is 1. The molecule has 3 unspecified atom stereocenters. The van der Waals surface area contributed by atoms with E-state index >= 15 is 0 Å². The van der Waals surface area contributed by atoms with E-state index < -0.39 is 24.2 Å². The summed E-state index contributed by atoms with van der Waals surface area (Å²) >= 11 is 3.23. The Kier molecular flexibility index (Phi) is 6.14. The topological polar surface area (TPSA) is 92.8 Å². The van der Waals surface area contributed by atoms with E-state index in [0.29, 0.717) is 10.2 Å². The molecule has 1 fully saturated rings. The maximum Gasteiger partial charge on any atom is 0.410 e. The van der Waals surface area contributed by atoms with E-state index in [1.807, 2.05) is 30.3 Å². The summed E-state index contributed by atoms with van der Waals surface area (Å²) in [4.78, 5) is 35.7. The quantitative estimate of drug-likeness (QED) is 0.641. The zero-order chi connectivity index (χ0) is 21.1. The van der Waals surface area contributed by atoms with Gasteiger partial charge in [0.05, 0.1) is 18.6 Å². The molecule has 2 aromatic rings. The first-order valence-corrected chi connectivity index (χ1v) is 10.3. The third kappa shape index (κ3) is 4.71. The number of alkyl halides is 1. The smallest absolute Gasteiger partial charge is 0.410 e. The number of ether oxygens (including phenoxy) is 1. The van der Waals surface area contributed by atoms with Gasteiger partial charge in [-0.1, -0.05) is 18.2 Å². The summed E-state index contributed by atoms with van der Waals surface area (Å²) < 4.78 is 20.0. The van der Waals surface area contributed by atoms with Crippen molar-refractivity contribution in [1.82, 2.24) is 20.7 Å². The second-order valence-corrected chi connectivity index (χ2v) is 7.96. The number of rotatable bonds is 5. The average Bonchev–Trinajstić information content (AvgIpc) is 3.35. The van der Waals surface area contributed by atoms with Crippen molar-refractivity contribution in [2.75, 3.05) is 13.1 Å². The van der Waals surface area contributed by atoms with Crippen LogP contribution in [0.2, 0.25) is 0 Å². The van der Waals surface area contributed by atoms with Gasteiger partial charge in [-0.2, -0.15) is 0 Å². The van der Waals surface area contributed by atoms with Crippen molar-refractivity contribution in [1.29, 1.82) is 0 Å². The standard InChI is InChI=1S/C20H20BrFN4O4/c21-18-7-15(30-25-18)9-24-19(27)17-6-14(22)10-26(17)20(28)29-11-12-5-13-3-1-2-4-16(13)23-8-12/h1-5,7-8,14-15,17,25H,6,9-11H2,(H,24,27). The highest BCUT2D eigenvalue weighted by molar-refractivity contribution is 9.11. The van der Waals surface area contributed by atoms with Crippen molar-refractivity contribution in [3.8, 4) is 0 Å². The molecule has 0 radical (unpaired) electrons. The van der Waals surface area contributed by atoms with Gasteiger partial charge in [-0.3, -0.25) is 25.0 Å². The summed E-state index contributed by atoms with van der Waals surface area (Å²) in [6, 6.07) is 8.55. The van der Waals surface area contributed by atoms with Crippen LogP contribution in [0.5, 0.6) is 0 Å². The Morgan fingerprint density at radius 1 is 1.40 bits per heavy atom. The molecule has 30 heavy (non-hydrogen) atoms. The molecule has 1 aromatic carbocycles. The molecule has 158 valence electrons. The first kappa shape index (κ1) is 20.5. The monoisotopic (exact) mass is 478 g/mol. The first-order valence-electron chi connectivity index (χ1n) is 9.47. The summed E-state index contributed by atoms with van der Waals surface area (Å²) in [7, 11) is 0. The SMILES string of the molecule is O=C(NCC1C=C(Br)NO1)C1CC(F)CN1C(=O)OCc1cnc2ccccc2c1. The zero-order valence-corrected chi connectivity index (χ0v) is 17.5. The lowest BCUT2D eigenvalue weighted by molar-refractivity contribution is -0.125. The Morgan fingerprint density at radius 2 is 2.23 bits per heavy atom. The van der Waals surface area contributed by atoms with Crippen LogP contribution < -0.4 is 10.8 Å². The Morgan fingerprint density at radius 3 is 3.03 bits per heavy atom. The van der Waals surface area contributed by atoms with Gasteiger partial charge in [-0.15, -0.1) is 0 Å². The van der Waals surface area contributed by atoms with E-state index in [9.17, 15) is 14.0 Å². The molecule has 10 heteroatoms. The number of hydrogen-bond acceptors (Lipinski definition) is 6. The fourth-order valence-corrected chi connectivity index (χ4v) is 3.83. The number of benzene rings is 1. The number of hydrogen-bond donors (Lipinski definition) is 2. The summed E-state index contributed by atoms with van der Waals surface area (Å²) in [5.74, 6) is -0.445. The Balaban J connectivity index is 1.34. The number of nitrogens with zero attached hydrogens (tertiary/aromatic N) is 2. The van der Waals surface area contributed by atoms with E-state index in [0.717, 1.165) is 15.8 Å². The van der Waals surface area contributed by atoms with Crippen LogP contribution in [-0.2, 0) is 21.0 Å². The van der Waals surface area contributed by atoms with Crippen LogP contribution in [0.4, 0.5) is 9.18 Å². The maximum absolute atomic E-state index is 14.0. The predicted molar refractivity (Wildman–Crippen MR) is 110 cm³/mol. The number of aromatic nitrogens is 1. The predicted octanol–water partition coefficient (Wildman–Crippen LogP) is 2.54. The van der Waals surface area contributed by atoms with Gasteiger partial charge in [0.25, 0.3) is 0 Å². The molecule has 2 N–H and O–H groups in total. The molecule has 2 amide bonds. The van der Waals surface area contributed by atoms with Crippen LogP contribution in [0.25, 0.3) is 10.9 Å². The van der Waals surface area contributed by atoms with Crippen LogP contribution in [0.1, 0.15) is 12.0 Å². The minimum absolute atomic E-state index is 0.0150. The summed E-state index contributed by atoms with van der Waals surface area (Å²) in [6.07, 6.45) is 0.937. The Bertz CT molecular complexity index is 988. The number of carbonyl (C=O) groups excluding carboxylic acids is 2. The van der Waals surface area contributed by atoms with Gasteiger partial charge in [0.2, 0.25) is 5.91 Å². The summed E-state index contributed by atoms with van der Waals surface area (Å²) in [6.45, 7) is -0.00127. The fraction of sp³-hybridized carbons (Fsp3) is 0.350. The molecule has 1 aromatic heterocycles. The van der Waals surface area contributed by atoms with Gasteiger partial charge >= 0.3 is 6.09 Å². The molecule has 0 saturated carbocycles. The van der Waals surface area contributed by atoms with Crippen molar-refractivity contribution in [2.24, 2.45) is 0 Å². The number of nitrogens with one attached hydrogen (secondary N) is 2. The fourth-order valence-electron chi connectivity index (χ4n) is 3.44.